The number of amides is 1. The molecule has 0 atom stereocenters. The molecular formula is C12H17NO2. The summed E-state index contributed by atoms with van der Waals surface area (Å²) in [5.74, 6) is -0.00403. The fraction of sp³-hybridized carbons (Fsp3) is 0.583. The van der Waals surface area contributed by atoms with Crippen molar-refractivity contribution in [2.45, 2.75) is 44.6 Å². The third kappa shape index (κ3) is 2.85. The van der Waals surface area contributed by atoms with Crippen LogP contribution in [0.25, 0.3) is 0 Å². The van der Waals surface area contributed by atoms with Gasteiger partial charge < -0.3 is 9.73 Å². The molecule has 2 rings (SSSR count). The van der Waals surface area contributed by atoms with Crippen LogP contribution in [0.3, 0.4) is 0 Å². The SMILES string of the molecule is O=C(NC1CCCCCC1)c1ccoc1. The molecule has 0 unspecified atom stereocenters. The van der Waals surface area contributed by atoms with Crippen LogP contribution in [0.1, 0.15) is 48.9 Å². The monoisotopic (exact) mass is 207 g/mol. The largest absolute Gasteiger partial charge is 0.472 e. The molecule has 1 aliphatic rings. The van der Waals surface area contributed by atoms with Gasteiger partial charge in [-0.3, -0.25) is 4.79 Å². The second kappa shape index (κ2) is 5.01. The number of rotatable bonds is 2. The first kappa shape index (κ1) is 10.3. The molecule has 0 bridgehead atoms. The minimum Gasteiger partial charge on any atom is -0.472 e. The van der Waals surface area contributed by atoms with Crippen molar-refractivity contribution in [3.63, 3.8) is 0 Å². The predicted octanol–water partition coefficient (Wildman–Crippen LogP) is 2.73. The summed E-state index contributed by atoms with van der Waals surface area (Å²) in [4.78, 5) is 11.7. The Bertz CT molecular complexity index is 297. The number of hydrogen-bond donors (Lipinski definition) is 1. The van der Waals surface area contributed by atoms with Gasteiger partial charge in [-0.1, -0.05) is 25.7 Å². The maximum Gasteiger partial charge on any atom is 0.254 e. The summed E-state index contributed by atoms with van der Waals surface area (Å²) < 4.78 is 4.89. The maximum absolute atomic E-state index is 11.7. The van der Waals surface area contributed by atoms with Gasteiger partial charge in [0.05, 0.1) is 11.8 Å². The van der Waals surface area contributed by atoms with E-state index in [0.717, 1.165) is 12.8 Å². The molecule has 0 saturated heterocycles. The fourth-order valence-electron chi connectivity index (χ4n) is 2.09. The van der Waals surface area contributed by atoms with E-state index in [1.165, 1.54) is 38.2 Å². The van der Waals surface area contributed by atoms with Crippen LogP contribution in [0.15, 0.2) is 23.0 Å². The molecule has 1 aliphatic carbocycles. The molecule has 1 fully saturated rings. The first-order valence-corrected chi connectivity index (χ1v) is 5.69. The molecule has 1 N–H and O–H groups in total. The summed E-state index contributed by atoms with van der Waals surface area (Å²) in [5, 5.41) is 3.06. The zero-order chi connectivity index (χ0) is 10.5. The summed E-state index contributed by atoms with van der Waals surface area (Å²) in [7, 11) is 0. The van der Waals surface area contributed by atoms with E-state index in [1.54, 1.807) is 6.07 Å². The average Bonchev–Trinajstić information content (AvgIpc) is 2.65. The maximum atomic E-state index is 11.7. The molecule has 1 saturated carbocycles. The molecule has 0 spiro atoms. The Hall–Kier alpha value is -1.25. The highest BCUT2D eigenvalue weighted by Crippen LogP contribution is 2.17. The van der Waals surface area contributed by atoms with E-state index in [0.29, 0.717) is 11.6 Å². The van der Waals surface area contributed by atoms with Crippen molar-refractivity contribution in [2.24, 2.45) is 0 Å². The van der Waals surface area contributed by atoms with Crippen molar-refractivity contribution >= 4 is 5.91 Å². The third-order valence-electron chi connectivity index (χ3n) is 2.97. The summed E-state index contributed by atoms with van der Waals surface area (Å²) in [6.07, 6.45) is 10.3. The van der Waals surface area contributed by atoms with Gasteiger partial charge in [0, 0.05) is 6.04 Å². The van der Waals surface area contributed by atoms with Gasteiger partial charge in [-0.15, -0.1) is 0 Å². The van der Waals surface area contributed by atoms with Gasteiger partial charge in [0.15, 0.2) is 0 Å². The van der Waals surface area contributed by atoms with Crippen LogP contribution in [0, 0.1) is 0 Å². The fourth-order valence-corrected chi connectivity index (χ4v) is 2.09. The van der Waals surface area contributed by atoms with E-state index in [2.05, 4.69) is 5.32 Å². The Morgan fingerprint density at radius 1 is 1.27 bits per heavy atom. The number of furan rings is 1. The van der Waals surface area contributed by atoms with Gasteiger partial charge in [-0.2, -0.15) is 0 Å². The molecule has 1 aromatic rings. The van der Waals surface area contributed by atoms with Crippen molar-refractivity contribution in [3.05, 3.63) is 24.2 Å². The molecule has 1 aromatic heterocycles. The lowest BCUT2D eigenvalue weighted by atomic mass is 10.1. The Morgan fingerprint density at radius 3 is 2.60 bits per heavy atom. The van der Waals surface area contributed by atoms with Crippen molar-refractivity contribution in [1.29, 1.82) is 0 Å². The molecule has 0 radical (unpaired) electrons. The lowest BCUT2D eigenvalue weighted by Crippen LogP contribution is -2.34. The number of carbonyl (C=O) groups excluding carboxylic acids is 1. The Morgan fingerprint density at radius 2 is 2.00 bits per heavy atom. The van der Waals surface area contributed by atoms with Gasteiger partial charge in [-0.05, 0) is 18.9 Å². The van der Waals surface area contributed by atoms with Crippen LogP contribution in [0.2, 0.25) is 0 Å². The quantitative estimate of drug-likeness (QED) is 0.758. The second-order valence-electron chi connectivity index (χ2n) is 4.17. The highest BCUT2D eigenvalue weighted by atomic mass is 16.3. The highest BCUT2D eigenvalue weighted by Gasteiger charge is 2.15. The molecule has 3 nitrogen and oxygen atoms in total. The van der Waals surface area contributed by atoms with Crippen molar-refractivity contribution in [3.8, 4) is 0 Å². The summed E-state index contributed by atoms with van der Waals surface area (Å²) in [6.45, 7) is 0. The third-order valence-corrected chi connectivity index (χ3v) is 2.97. The zero-order valence-corrected chi connectivity index (χ0v) is 8.87. The van der Waals surface area contributed by atoms with Gasteiger partial charge in [0.2, 0.25) is 0 Å². The van der Waals surface area contributed by atoms with Gasteiger partial charge in [-0.25, -0.2) is 0 Å². The van der Waals surface area contributed by atoms with Crippen molar-refractivity contribution in [2.75, 3.05) is 0 Å². The first-order valence-electron chi connectivity index (χ1n) is 5.69. The predicted molar refractivity (Wildman–Crippen MR) is 57.7 cm³/mol. The van der Waals surface area contributed by atoms with E-state index >= 15 is 0 Å². The first-order chi connectivity index (χ1) is 7.36. The lowest BCUT2D eigenvalue weighted by molar-refractivity contribution is 0.0932. The Labute approximate surface area is 89.9 Å². The van der Waals surface area contributed by atoms with E-state index in [1.807, 2.05) is 0 Å². The van der Waals surface area contributed by atoms with Crippen LogP contribution >= 0.6 is 0 Å². The molecule has 1 heterocycles. The molecule has 0 aliphatic heterocycles. The van der Waals surface area contributed by atoms with E-state index in [-0.39, 0.29) is 5.91 Å². The summed E-state index contributed by atoms with van der Waals surface area (Å²) >= 11 is 0. The molecule has 82 valence electrons. The number of hydrogen-bond acceptors (Lipinski definition) is 2. The van der Waals surface area contributed by atoms with Crippen LogP contribution < -0.4 is 5.32 Å². The summed E-state index contributed by atoms with van der Waals surface area (Å²) in [6, 6.07) is 2.06. The Balaban J connectivity index is 1.87. The van der Waals surface area contributed by atoms with Crippen molar-refractivity contribution < 1.29 is 9.21 Å². The molecule has 15 heavy (non-hydrogen) atoms. The Kier molecular flexibility index (Phi) is 3.43. The normalized spacial score (nSPS) is 18.4. The van der Waals surface area contributed by atoms with Crippen LogP contribution in [0.4, 0.5) is 0 Å². The van der Waals surface area contributed by atoms with E-state index in [9.17, 15) is 4.79 Å². The van der Waals surface area contributed by atoms with Crippen LogP contribution in [0.5, 0.6) is 0 Å². The van der Waals surface area contributed by atoms with Gasteiger partial charge >= 0.3 is 0 Å². The smallest absolute Gasteiger partial charge is 0.254 e. The molecule has 1 amide bonds. The van der Waals surface area contributed by atoms with Gasteiger partial charge in [0.25, 0.3) is 5.91 Å². The zero-order valence-electron chi connectivity index (χ0n) is 8.87. The minimum absolute atomic E-state index is 0.00403. The van der Waals surface area contributed by atoms with E-state index in [4.69, 9.17) is 4.42 Å². The molecule has 0 aromatic carbocycles. The second-order valence-corrected chi connectivity index (χ2v) is 4.17. The van der Waals surface area contributed by atoms with Crippen LogP contribution in [-0.4, -0.2) is 11.9 Å². The lowest BCUT2D eigenvalue weighted by Gasteiger charge is -2.15. The summed E-state index contributed by atoms with van der Waals surface area (Å²) in [5.41, 5.74) is 0.624. The minimum atomic E-state index is -0.00403. The average molecular weight is 207 g/mol. The standard InChI is InChI=1S/C12H17NO2/c14-12(10-7-8-15-9-10)13-11-5-3-1-2-4-6-11/h7-9,11H,1-6H2,(H,13,14). The number of nitrogens with one attached hydrogen (secondary N) is 1. The van der Waals surface area contributed by atoms with Crippen LogP contribution in [-0.2, 0) is 0 Å². The van der Waals surface area contributed by atoms with E-state index < -0.39 is 0 Å². The van der Waals surface area contributed by atoms with Crippen molar-refractivity contribution in [1.82, 2.24) is 5.32 Å². The topological polar surface area (TPSA) is 42.2 Å². The molecule has 3 heteroatoms. The van der Waals surface area contributed by atoms with Gasteiger partial charge in [0.1, 0.15) is 6.26 Å². The molecular weight excluding hydrogens is 190 g/mol. The number of carbonyl (C=O) groups is 1. The highest BCUT2D eigenvalue weighted by molar-refractivity contribution is 5.93.